The first-order valence-corrected chi connectivity index (χ1v) is 18.8. The number of anilines is 2. The van der Waals surface area contributed by atoms with E-state index in [1.807, 2.05) is 60.7 Å². The molecule has 52 heavy (non-hydrogen) atoms. The third-order valence-corrected chi connectivity index (χ3v) is 10.0. The molecule has 0 spiro atoms. The number of aryl methyl sites for hydroxylation is 1. The molecule has 0 aliphatic heterocycles. The lowest BCUT2D eigenvalue weighted by molar-refractivity contribution is 0.104. The summed E-state index contributed by atoms with van der Waals surface area (Å²) in [4.78, 5) is 19.4. The molecule has 0 saturated carbocycles. The maximum absolute atomic E-state index is 14.4. The zero-order valence-electron chi connectivity index (χ0n) is 29.8. The molecule has 6 aromatic rings. The molecule has 0 unspecified atom stereocenters. The van der Waals surface area contributed by atoms with Crippen LogP contribution in [0.2, 0.25) is 0 Å². The number of ether oxygens (including phenoxy) is 1. The lowest BCUT2D eigenvalue weighted by atomic mass is 9.83. The molecule has 264 valence electrons. The van der Waals surface area contributed by atoms with Crippen LogP contribution in [0.1, 0.15) is 92.6 Å². The molecule has 1 heterocycles. The Morgan fingerprint density at radius 2 is 1.29 bits per heavy atom. The monoisotopic (exact) mass is 690 g/mol. The number of fused-ring (bicyclic) bond motifs is 2. The van der Waals surface area contributed by atoms with E-state index in [1.165, 1.54) is 81.9 Å². The highest BCUT2D eigenvalue weighted by molar-refractivity contribution is 6.29. The number of unbranched alkanes of at least 4 members (excludes halogenated alkanes) is 9. The van der Waals surface area contributed by atoms with Crippen LogP contribution >= 0.6 is 0 Å². The number of para-hydroxylation sites is 1. The summed E-state index contributed by atoms with van der Waals surface area (Å²) in [6.07, 6.45) is 14.3. The molecular formula is C46H46N2O4. The van der Waals surface area contributed by atoms with Gasteiger partial charge in [-0.15, -0.1) is 0 Å². The van der Waals surface area contributed by atoms with Crippen molar-refractivity contribution < 1.29 is 19.7 Å². The molecule has 0 fully saturated rings. The Morgan fingerprint density at radius 1 is 0.654 bits per heavy atom. The maximum Gasteiger partial charge on any atom is 0.196 e. The van der Waals surface area contributed by atoms with Crippen molar-refractivity contribution in [3.63, 3.8) is 0 Å². The second kappa shape index (κ2) is 16.2. The van der Waals surface area contributed by atoms with Gasteiger partial charge in [-0.25, -0.2) is 4.98 Å². The van der Waals surface area contributed by atoms with Gasteiger partial charge < -0.3 is 20.3 Å². The van der Waals surface area contributed by atoms with Crippen LogP contribution in [0.5, 0.6) is 23.0 Å². The van der Waals surface area contributed by atoms with Crippen LogP contribution in [0.15, 0.2) is 109 Å². The second-order valence-electron chi connectivity index (χ2n) is 13.8. The van der Waals surface area contributed by atoms with Crippen molar-refractivity contribution in [1.29, 1.82) is 0 Å². The van der Waals surface area contributed by atoms with Gasteiger partial charge in [-0.1, -0.05) is 125 Å². The number of phenolic OH excluding ortho intramolecular Hbond substituents is 2. The summed E-state index contributed by atoms with van der Waals surface area (Å²) in [7, 11) is 0. The van der Waals surface area contributed by atoms with Crippen LogP contribution in [-0.4, -0.2) is 21.0 Å². The van der Waals surface area contributed by atoms with Gasteiger partial charge in [0.1, 0.15) is 23.0 Å². The fourth-order valence-corrected chi connectivity index (χ4v) is 7.31. The first-order valence-electron chi connectivity index (χ1n) is 18.8. The van der Waals surface area contributed by atoms with Crippen LogP contribution in [0.3, 0.4) is 0 Å². The summed E-state index contributed by atoms with van der Waals surface area (Å²) in [5.41, 5.74) is 5.65. The molecule has 0 amide bonds. The zero-order valence-corrected chi connectivity index (χ0v) is 29.8. The topological polar surface area (TPSA) is 91.7 Å². The molecule has 0 saturated heterocycles. The molecule has 1 aliphatic carbocycles. The van der Waals surface area contributed by atoms with Crippen molar-refractivity contribution in [2.45, 2.75) is 77.6 Å². The predicted octanol–water partition coefficient (Wildman–Crippen LogP) is 12.5. The molecule has 7 rings (SSSR count). The number of carbonyl (C=O) groups is 1. The third kappa shape index (κ3) is 7.52. The summed E-state index contributed by atoms with van der Waals surface area (Å²) >= 11 is 0. The quantitative estimate of drug-likeness (QED) is 0.0874. The first-order chi connectivity index (χ1) is 25.5. The largest absolute Gasteiger partial charge is 0.507 e. The lowest BCUT2D eigenvalue weighted by Crippen LogP contribution is -2.14. The summed E-state index contributed by atoms with van der Waals surface area (Å²) < 4.78 is 6.54. The Morgan fingerprint density at radius 3 is 1.98 bits per heavy atom. The number of nitrogens with one attached hydrogen (secondary N) is 1. The van der Waals surface area contributed by atoms with Gasteiger partial charge in [0.15, 0.2) is 5.78 Å². The molecule has 1 aliphatic rings. The highest BCUT2D eigenvalue weighted by Gasteiger charge is 2.32. The molecule has 1 aromatic heterocycles. The molecule has 0 atom stereocenters. The number of aromatic nitrogens is 1. The number of nitrogens with zero attached hydrogens (tertiary/aromatic N) is 1. The molecule has 6 nitrogen and oxygen atoms in total. The van der Waals surface area contributed by atoms with Crippen LogP contribution in [0, 0.1) is 0 Å². The van der Waals surface area contributed by atoms with Crippen molar-refractivity contribution in [3.05, 3.63) is 126 Å². The Hall–Kier alpha value is -5.62. The Bertz CT molecular complexity index is 2160. The minimum Gasteiger partial charge on any atom is -0.507 e. The molecule has 5 aromatic carbocycles. The minimum atomic E-state index is -0.112. The number of rotatable bonds is 16. The minimum absolute atomic E-state index is 0.0973. The number of pyridine rings is 1. The zero-order chi connectivity index (χ0) is 35.9. The number of aromatic hydroxyl groups is 2. The van der Waals surface area contributed by atoms with Gasteiger partial charge >= 0.3 is 0 Å². The summed E-state index contributed by atoms with van der Waals surface area (Å²) in [6.45, 7) is 2.27. The SMILES string of the molecule is CCCCCCCCCCCCc1ccc(Nc2cc(Oc3ccccc3)c3cc(-c4c(O)cccc4O)nc4c3c2C(=O)c2ccccc2-4)cc1. The van der Waals surface area contributed by atoms with Crippen LogP contribution in [0.25, 0.3) is 33.3 Å². The Kier molecular flexibility index (Phi) is 10.8. The van der Waals surface area contributed by atoms with E-state index >= 15 is 0 Å². The highest BCUT2D eigenvalue weighted by Crippen LogP contribution is 2.49. The average molecular weight is 691 g/mol. The van der Waals surface area contributed by atoms with Crippen LogP contribution in [-0.2, 0) is 6.42 Å². The first kappa shape index (κ1) is 34.8. The number of benzene rings is 5. The predicted molar refractivity (Wildman–Crippen MR) is 211 cm³/mol. The summed E-state index contributed by atoms with van der Waals surface area (Å²) in [5, 5.41) is 26.5. The average Bonchev–Trinajstić information content (AvgIpc) is 3.16. The number of carbonyl (C=O) groups excluding carboxylic acids is 1. The van der Waals surface area contributed by atoms with Crippen molar-refractivity contribution in [2.24, 2.45) is 0 Å². The van der Waals surface area contributed by atoms with Gasteiger partial charge in [-0.05, 0) is 60.9 Å². The van der Waals surface area contributed by atoms with Gasteiger partial charge in [0.05, 0.1) is 28.2 Å². The molecular weight excluding hydrogens is 645 g/mol. The smallest absolute Gasteiger partial charge is 0.196 e. The molecule has 6 heteroatoms. The number of phenols is 2. The van der Waals surface area contributed by atoms with Gasteiger partial charge in [-0.2, -0.15) is 0 Å². The third-order valence-electron chi connectivity index (χ3n) is 10.0. The van der Waals surface area contributed by atoms with E-state index in [4.69, 9.17) is 9.72 Å². The molecule has 3 N–H and O–H groups in total. The standard InChI is InChI=1S/C46H46N2O4/c1-2-3-4-5-6-7-8-9-10-12-18-31-25-27-32(28-26-31)47-38-30-41(52-33-19-13-11-14-20-33)36-29-37(43-39(49)23-17-24-40(43)50)48-45-34-21-15-16-22-35(34)46(51)44(38)42(36)45/h11,13-17,19-30,47,49-50H,2-10,12,18H2,1H3. The molecule has 0 radical (unpaired) electrons. The Balaban J connectivity index is 1.21. The van der Waals surface area contributed by atoms with Crippen LogP contribution < -0.4 is 10.1 Å². The van der Waals surface area contributed by atoms with Gasteiger partial charge in [0, 0.05) is 33.7 Å². The maximum atomic E-state index is 14.4. The van der Waals surface area contributed by atoms with E-state index in [9.17, 15) is 15.0 Å². The van der Waals surface area contributed by atoms with Crippen molar-refractivity contribution in [2.75, 3.05) is 5.32 Å². The van der Waals surface area contributed by atoms with Crippen molar-refractivity contribution in [1.82, 2.24) is 4.98 Å². The van der Waals surface area contributed by atoms with Gasteiger partial charge in [0.25, 0.3) is 0 Å². The van der Waals surface area contributed by atoms with Gasteiger partial charge in [0.2, 0.25) is 0 Å². The van der Waals surface area contributed by atoms with E-state index in [1.54, 1.807) is 12.1 Å². The number of ketones is 1. The highest BCUT2D eigenvalue weighted by atomic mass is 16.5. The Labute approximate surface area is 306 Å². The van der Waals surface area contributed by atoms with E-state index in [-0.39, 0.29) is 22.8 Å². The number of hydrogen-bond acceptors (Lipinski definition) is 6. The summed E-state index contributed by atoms with van der Waals surface area (Å²) in [6, 6.07) is 33.7. The van der Waals surface area contributed by atoms with Crippen LogP contribution in [0.4, 0.5) is 11.4 Å². The fourth-order valence-electron chi connectivity index (χ4n) is 7.31. The van der Waals surface area contributed by atoms with E-state index in [2.05, 4.69) is 36.5 Å². The summed E-state index contributed by atoms with van der Waals surface area (Å²) in [5.74, 6) is 0.837. The number of hydrogen-bond donors (Lipinski definition) is 3. The second-order valence-corrected chi connectivity index (χ2v) is 13.8. The van der Waals surface area contributed by atoms with Crippen molar-refractivity contribution in [3.8, 4) is 45.5 Å². The molecule has 0 bridgehead atoms. The lowest BCUT2D eigenvalue weighted by Gasteiger charge is -2.25. The normalized spacial score (nSPS) is 11.8. The van der Waals surface area contributed by atoms with Crippen molar-refractivity contribution >= 4 is 27.9 Å². The fraction of sp³-hybridized carbons (Fsp3) is 0.261. The van der Waals surface area contributed by atoms with Gasteiger partial charge in [-0.3, -0.25) is 4.79 Å². The van der Waals surface area contributed by atoms with E-state index in [0.29, 0.717) is 56.0 Å². The van der Waals surface area contributed by atoms with E-state index in [0.717, 1.165) is 12.1 Å². The van der Waals surface area contributed by atoms with E-state index < -0.39 is 0 Å².